The van der Waals surface area contributed by atoms with E-state index in [-0.39, 0.29) is 17.7 Å². The Balaban J connectivity index is 1.91. The summed E-state index contributed by atoms with van der Waals surface area (Å²) in [5.41, 5.74) is 0. The van der Waals surface area contributed by atoms with Gasteiger partial charge < -0.3 is 15.5 Å². The fraction of sp³-hybridized carbons (Fsp3) is 0.800. The van der Waals surface area contributed by atoms with Gasteiger partial charge in [-0.15, -0.1) is 0 Å². The molecule has 0 bridgehead atoms. The zero-order chi connectivity index (χ0) is 10.7. The SMILES string of the molecule is O=C1CCN(C(=O)C2CCNC2)CCN1. The minimum absolute atomic E-state index is 0.0508. The lowest BCUT2D eigenvalue weighted by Crippen LogP contribution is -2.39. The number of hydrogen-bond acceptors (Lipinski definition) is 3. The molecular formula is C10H17N3O2. The summed E-state index contributed by atoms with van der Waals surface area (Å²) in [7, 11) is 0. The van der Waals surface area contributed by atoms with Gasteiger partial charge in [-0.05, 0) is 13.0 Å². The smallest absolute Gasteiger partial charge is 0.227 e. The van der Waals surface area contributed by atoms with Crippen molar-refractivity contribution < 1.29 is 9.59 Å². The van der Waals surface area contributed by atoms with Gasteiger partial charge in [0.05, 0.1) is 5.92 Å². The Morgan fingerprint density at radius 3 is 2.93 bits per heavy atom. The second-order valence-corrected chi connectivity index (χ2v) is 4.11. The molecule has 2 heterocycles. The molecule has 0 spiro atoms. The van der Waals surface area contributed by atoms with Crippen LogP contribution in [0.2, 0.25) is 0 Å². The van der Waals surface area contributed by atoms with Crippen LogP contribution < -0.4 is 10.6 Å². The minimum atomic E-state index is 0.0508. The molecule has 2 aliphatic heterocycles. The predicted octanol–water partition coefficient (Wildman–Crippen LogP) is -1.06. The molecule has 84 valence electrons. The van der Waals surface area contributed by atoms with Crippen molar-refractivity contribution in [3.8, 4) is 0 Å². The molecule has 2 fully saturated rings. The first-order valence-corrected chi connectivity index (χ1v) is 5.53. The van der Waals surface area contributed by atoms with Crippen LogP contribution >= 0.6 is 0 Å². The Labute approximate surface area is 89.2 Å². The van der Waals surface area contributed by atoms with Crippen LogP contribution in [0.4, 0.5) is 0 Å². The summed E-state index contributed by atoms with van der Waals surface area (Å²) in [6, 6.07) is 0. The molecule has 0 aliphatic carbocycles. The van der Waals surface area contributed by atoms with Crippen molar-refractivity contribution in [1.29, 1.82) is 0 Å². The third-order valence-electron chi connectivity index (χ3n) is 3.03. The Morgan fingerprint density at radius 2 is 2.20 bits per heavy atom. The van der Waals surface area contributed by atoms with Gasteiger partial charge in [-0.3, -0.25) is 9.59 Å². The molecule has 2 N–H and O–H groups in total. The minimum Gasteiger partial charge on any atom is -0.354 e. The summed E-state index contributed by atoms with van der Waals surface area (Å²) < 4.78 is 0. The Kier molecular flexibility index (Phi) is 3.20. The van der Waals surface area contributed by atoms with Gasteiger partial charge in [0.2, 0.25) is 11.8 Å². The van der Waals surface area contributed by atoms with Crippen LogP contribution in [0.15, 0.2) is 0 Å². The number of carbonyl (C=O) groups is 2. The lowest BCUT2D eigenvalue weighted by Gasteiger charge is -2.22. The number of amides is 2. The van der Waals surface area contributed by atoms with Crippen molar-refractivity contribution in [2.24, 2.45) is 5.92 Å². The van der Waals surface area contributed by atoms with E-state index in [1.807, 2.05) is 4.90 Å². The molecular weight excluding hydrogens is 194 g/mol. The normalized spacial score (nSPS) is 27.3. The topological polar surface area (TPSA) is 61.4 Å². The third kappa shape index (κ3) is 2.47. The zero-order valence-corrected chi connectivity index (χ0v) is 8.79. The third-order valence-corrected chi connectivity index (χ3v) is 3.03. The van der Waals surface area contributed by atoms with Gasteiger partial charge in [0.25, 0.3) is 0 Å². The highest BCUT2D eigenvalue weighted by Gasteiger charge is 2.28. The predicted molar refractivity (Wildman–Crippen MR) is 55.2 cm³/mol. The van der Waals surface area contributed by atoms with Crippen molar-refractivity contribution in [3.63, 3.8) is 0 Å². The fourth-order valence-electron chi connectivity index (χ4n) is 2.11. The Morgan fingerprint density at radius 1 is 1.33 bits per heavy atom. The quantitative estimate of drug-likeness (QED) is 0.581. The fourth-order valence-corrected chi connectivity index (χ4v) is 2.11. The van der Waals surface area contributed by atoms with Gasteiger partial charge in [-0.2, -0.15) is 0 Å². The average molecular weight is 211 g/mol. The van der Waals surface area contributed by atoms with Crippen molar-refractivity contribution in [1.82, 2.24) is 15.5 Å². The molecule has 0 saturated carbocycles. The van der Waals surface area contributed by atoms with Crippen LogP contribution in [-0.2, 0) is 9.59 Å². The van der Waals surface area contributed by atoms with E-state index in [9.17, 15) is 9.59 Å². The number of hydrogen-bond donors (Lipinski definition) is 2. The van der Waals surface area contributed by atoms with Crippen LogP contribution in [0.25, 0.3) is 0 Å². The first kappa shape index (κ1) is 10.4. The van der Waals surface area contributed by atoms with Gasteiger partial charge in [0, 0.05) is 32.6 Å². The lowest BCUT2D eigenvalue weighted by atomic mass is 10.1. The van der Waals surface area contributed by atoms with Crippen molar-refractivity contribution in [3.05, 3.63) is 0 Å². The molecule has 0 aromatic rings. The molecule has 15 heavy (non-hydrogen) atoms. The van der Waals surface area contributed by atoms with Crippen LogP contribution in [-0.4, -0.2) is 49.4 Å². The van der Waals surface area contributed by atoms with E-state index in [0.29, 0.717) is 26.1 Å². The molecule has 1 atom stereocenters. The highest BCUT2D eigenvalue weighted by atomic mass is 16.2. The van der Waals surface area contributed by atoms with Crippen molar-refractivity contribution >= 4 is 11.8 Å². The summed E-state index contributed by atoms with van der Waals surface area (Å²) >= 11 is 0. The molecule has 2 aliphatic rings. The van der Waals surface area contributed by atoms with Gasteiger partial charge in [-0.1, -0.05) is 0 Å². The molecule has 2 amide bonds. The van der Waals surface area contributed by atoms with Crippen LogP contribution in [0.3, 0.4) is 0 Å². The van der Waals surface area contributed by atoms with Crippen LogP contribution in [0, 0.1) is 5.92 Å². The van der Waals surface area contributed by atoms with E-state index in [1.54, 1.807) is 0 Å². The van der Waals surface area contributed by atoms with Crippen LogP contribution in [0.5, 0.6) is 0 Å². The largest absolute Gasteiger partial charge is 0.354 e. The standard InChI is InChI=1S/C10H17N3O2/c14-9-2-5-13(6-4-12-9)10(15)8-1-3-11-7-8/h8,11H,1-7H2,(H,12,14). The van der Waals surface area contributed by atoms with Gasteiger partial charge >= 0.3 is 0 Å². The molecule has 0 aromatic carbocycles. The molecule has 5 nitrogen and oxygen atoms in total. The summed E-state index contributed by atoms with van der Waals surface area (Å²) in [5.74, 6) is 0.379. The molecule has 0 aromatic heterocycles. The Bertz CT molecular complexity index is 261. The maximum atomic E-state index is 12.0. The Hall–Kier alpha value is -1.10. The highest BCUT2D eigenvalue weighted by molar-refractivity contribution is 5.81. The highest BCUT2D eigenvalue weighted by Crippen LogP contribution is 2.12. The number of carbonyl (C=O) groups excluding carboxylic acids is 2. The van der Waals surface area contributed by atoms with E-state index in [2.05, 4.69) is 10.6 Å². The van der Waals surface area contributed by atoms with Gasteiger partial charge in [0.15, 0.2) is 0 Å². The maximum Gasteiger partial charge on any atom is 0.227 e. The monoisotopic (exact) mass is 211 g/mol. The average Bonchev–Trinajstić information content (AvgIpc) is 2.67. The summed E-state index contributed by atoms with van der Waals surface area (Å²) in [6.45, 7) is 3.53. The van der Waals surface area contributed by atoms with Crippen molar-refractivity contribution in [2.45, 2.75) is 12.8 Å². The van der Waals surface area contributed by atoms with E-state index >= 15 is 0 Å². The van der Waals surface area contributed by atoms with Gasteiger partial charge in [0.1, 0.15) is 0 Å². The lowest BCUT2D eigenvalue weighted by molar-refractivity contribution is -0.134. The zero-order valence-electron chi connectivity index (χ0n) is 8.79. The molecule has 2 saturated heterocycles. The van der Waals surface area contributed by atoms with Crippen molar-refractivity contribution in [2.75, 3.05) is 32.7 Å². The maximum absolute atomic E-state index is 12.0. The number of nitrogens with zero attached hydrogens (tertiary/aromatic N) is 1. The second-order valence-electron chi connectivity index (χ2n) is 4.11. The first-order chi connectivity index (χ1) is 7.27. The van der Waals surface area contributed by atoms with Crippen LogP contribution in [0.1, 0.15) is 12.8 Å². The summed E-state index contributed by atoms with van der Waals surface area (Å²) in [4.78, 5) is 24.9. The summed E-state index contributed by atoms with van der Waals surface area (Å²) in [5, 5.41) is 5.96. The first-order valence-electron chi connectivity index (χ1n) is 5.53. The van der Waals surface area contributed by atoms with E-state index < -0.39 is 0 Å². The van der Waals surface area contributed by atoms with E-state index in [4.69, 9.17) is 0 Å². The van der Waals surface area contributed by atoms with E-state index in [1.165, 1.54) is 0 Å². The molecule has 5 heteroatoms. The molecule has 2 rings (SSSR count). The second kappa shape index (κ2) is 4.61. The molecule has 1 unspecified atom stereocenters. The molecule has 0 radical (unpaired) electrons. The number of nitrogens with one attached hydrogen (secondary N) is 2. The number of rotatable bonds is 1. The van der Waals surface area contributed by atoms with Gasteiger partial charge in [-0.25, -0.2) is 0 Å². The summed E-state index contributed by atoms with van der Waals surface area (Å²) in [6.07, 6.45) is 1.36. The van der Waals surface area contributed by atoms with E-state index in [0.717, 1.165) is 19.5 Å².